The Bertz CT molecular complexity index is 718. The number of halogens is 1. The highest BCUT2D eigenvalue weighted by Gasteiger charge is 2.27. The molecular formula is C19H15IO3S. The summed E-state index contributed by atoms with van der Waals surface area (Å²) >= 11 is 2.35. The van der Waals surface area contributed by atoms with Gasteiger partial charge < -0.3 is 15.0 Å². The molecule has 3 aromatic carbocycles. The molecule has 3 nitrogen and oxygen atoms in total. The highest BCUT2D eigenvalue weighted by molar-refractivity contribution is 14.1. The van der Waals surface area contributed by atoms with Crippen LogP contribution in [0.1, 0.15) is 0 Å². The van der Waals surface area contributed by atoms with Gasteiger partial charge in [-0.25, -0.2) is 0 Å². The van der Waals surface area contributed by atoms with Crippen molar-refractivity contribution >= 4 is 39.6 Å². The summed E-state index contributed by atoms with van der Waals surface area (Å²) in [6, 6.07) is 30.3. The molecule has 0 fully saturated rings. The average Bonchev–Trinajstić information content (AvgIpc) is 2.58. The van der Waals surface area contributed by atoms with Crippen LogP contribution >= 0.6 is 22.6 Å². The van der Waals surface area contributed by atoms with Gasteiger partial charge in [0.15, 0.2) is 14.7 Å². The maximum atomic E-state index is 8.44. The van der Waals surface area contributed by atoms with E-state index in [2.05, 4.69) is 108 Å². The van der Waals surface area contributed by atoms with Crippen LogP contribution in [0.3, 0.4) is 0 Å². The number of benzene rings is 3. The fourth-order valence-electron chi connectivity index (χ4n) is 2.09. The second-order valence-corrected chi connectivity index (χ2v) is 7.92. The van der Waals surface area contributed by atoms with Gasteiger partial charge in [-0.2, -0.15) is 0 Å². The molecule has 0 unspecified atom stereocenters. The van der Waals surface area contributed by atoms with Crippen molar-refractivity contribution in [3.8, 4) is 0 Å². The topological polar surface area (TPSA) is 60.4 Å². The summed E-state index contributed by atoms with van der Waals surface area (Å²) in [5.74, 6) is 0. The zero-order valence-electron chi connectivity index (χ0n) is 12.6. The predicted molar refractivity (Wildman–Crippen MR) is 102 cm³/mol. The van der Waals surface area contributed by atoms with Gasteiger partial charge in [0.05, 0.1) is 10.9 Å². The van der Waals surface area contributed by atoms with Crippen LogP contribution in [0.25, 0.3) is 0 Å². The number of rotatable bonds is 3. The highest BCUT2D eigenvalue weighted by Crippen LogP contribution is 2.31. The van der Waals surface area contributed by atoms with Crippen LogP contribution in [0, 0.1) is 3.57 Å². The molecule has 122 valence electrons. The SMILES string of the molecule is Ic1ccc([S+](c2ccccc2)c2ccccc2)cc1.O=C([O-])O. The normalized spacial score (nSPS) is 9.92. The smallest absolute Gasteiger partial charge is 0.249 e. The van der Waals surface area contributed by atoms with Gasteiger partial charge in [-0.1, -0.05) is 36.4 Å². The Kier molecular flexibility index (Phi) is 7.14. The first-order valence-electron chi connectivity index (χ1n) is 7.08. The minimum absolute atomic E-state index is 0.0262. The Morgan fingerprint density at radius 1 is 0.750 bits per heavy atom. The largest absolute Gasteiger partial charge is 0.565 e. The van der Waals surface area contributed by atoms with Crippen molar-refractivity contribution in [2.75, 3.05) is 0 Å². The Labute approximate surface area is 157 Å². The number of hydrogen-bond donors (Lipinski definition) is 1. The summed E-state index contributed by atoms with van der Waals surface area (Å²) < 4.78 is 1.27. The monoisotopic (exact) mass is 450 g/mol. The van der Waals surface area contributed by atoms with E-state index < -0.39 is 6.16 Å². The van der Waals surface area contributed by atoms with Crippen LogP contribution in [0.2, 0.25) is 0 Å². The van der Waals surface area contributed by atoms with E-state index in [9.17, 15) is 0 Å². The number of hydrogen-bond acceptors (Lipinski definition) is 2. The molecule has 0 radical (unpaired) electrons. The molecule has 0 amide bonds. The predicted octanol–water partition coefficient (Wildman–Crippen LogP) is 4.27. The van der Waals surface area contributed by atoms with Crippen molar-refractivity contribution in [3.63, 3.8) is 0 Å². The third kappa shape index (κ3) is 5.58. The minimum Gasteiger partial charge on any atom is -0.565 e. The third-order valence-corrected chi connectivity index (χ3v) is 5.96. The van der Waals surface area contributed by atoms with Crippen LogP contribution in [-0.4, -0.2) is 11.3 Å². The van der Waals surface area contributed by atoms with Crippen LogP contribution in [0.15, 0.2) is 99.6 Å². The Hall–Kier alpha value is -1.99. The lowest BCUT2D eigenvalue weighted by Crippen LogP contribution is -2.17. The van der Waals surface area contributed by atoms with Crippen molar-refractivity contribution < 1.29 is 15.0 Å². The summed E-state index contributed by atoms with van der Waals surface area (Å²) in [5.41, 5.74) is 0. The van der Waals surface area contributed by atoms with Gasteiger partial charge in [-0.15, -0.1) is 0 Å². The maximum absolute atomic E-state index is 8.44. The van der Waals surface area contributed by atoms with Gasteiger partial charge in [0.25, 0.3) is 0 Å². The van der Waals surface area contributed by atoms with Crippen LogP contribution in [0.4, 0.5) is 4.79 Å². The fraction of sp³-hybridized carbons (Fsp3) is 0. The van der Waals surface area contributed by atoms with E-state index in [4.69, 9.17) is 15.0 Å². The van der Waals surface area contributed by atoms with E-state index in [1.54, 1.807) is 0 Å². The highest BCUT2D eigenvalue weighted by atomic mass is 127. The van der Waals surface area contributed by atoms with E-state index in [-0.39, 0.29) is 10.9 Å². The van der Waals surface area contributed by atoms with E-state index in [0.717, 1.165) is 0 Å². The first-order valence-corrected chi connectivity index (χ1v) is 9.38. The molecule has 3 rings (SSSR count). The Morgan fingerprint density at radius 2 is 1.08 bits per heavy atom. The Balaban J connectivity index is 0.000000471. The number of carboxylic acid groups (broad SMARTS) is 2. The molecule has 0 saturated heterocycles. The van der Waals surface area contributed by atoms with Gasteiger partial charge in [0, 0.05) is 3.57 Å². The van der Waals surface area contributed by atoms with E-state index in [0.29, 0.717) is 0 Å². The van der Waals surface area contributed by atoms with Gasteiger partial charge in [0.1, 0.15) is 0 Å². The van der Waals surface area contributed by atoms with Gasteiger partial charge in [-0.3, -0.25) is 0 Å². The van der Waals surface area contributed by atoms with Crippen molar-refractivity contribution in [1.82, 2.24) is 0 Å². The summed E-state index contributed by atoms with van der Waals surface area (Å²) in [6.07, 6.45) is -2.08. The first kappa shape index (κ1) is 18.4. The van der Waals surface area contributed by atoms with Gasteiger partial charge in [0.2, 0.25) is 6.16 Å². The quantitative estimate of drug-likeness (QED) is 0.479. The summed E-state index contributed by atoms with van der Waals surface area (Å²) in [6.45, 7) is 0. The molecule has 0 atom stereocenters. The molecular weight excluding hydrogens is 435 g/mol. The van der Waals surface area contributed by atoms with Crippen LogP contribution in [-0.2, 0) is 10.9 Å². The van der Waals surface area contributed by atoms with Crippen LogP contribution in [0.5, 0.6) is 0 Å². The lowest BCUT2D eigenvalue weighted by molar-refractivity contribution is -0.275. The van der Waals surface area contributed by atoms with Crippen molar-refractivity contribution in [1.29, 1.82) is 0 Å². The lowest BCUT2D eigenvalue weighted by Gasteiger charge is -2.07. The molecule has 0 saturated carbocycles. The molecule has 0 bridgehead atoms. The van der Waals surface area contributed by atoms with Crippen molar-refractivity contribution in [2.45, 2.75) is 14.7 Å². The zero-order chi connectivity index (χ0) is 17.4. The third-order valence-electron chi connectivity index (χ3n) is 3.01. The summed E-state index contributed by atoms with van der Waals surface area (Å²) in [7, 11) is -0.0262. The molecule has 24 heavy (non-hydrogen) atoms. The summed E-state index contributed by atoms with van der Waals surface area (Å²) in [5, 5.41) is 15.3. The standard InChI is InChI=1S/C18H14IS.CH2O3/c19-15-11-13-18(14-12-15)20(16-7-3-1-4-8-16)17-9-5-2-6-10-17;2-1(3)4/h1-14H;(H2,2,3,4)/q+1;/p-1. The molecule has 0 aromatic heterocycles. The molecule has 0 aliphatic rings. The molecule has 5 heteroatoms. The molecule has 0 aliphatic heterocycles. The van der Waals surface area contributed by atoms with E-state index in [1.807, 2.05) is 0 Å². The van der Waals surface area contributed by atoms with Gasteiger partial charge in [-0.05, 0) is 71.1 Å². The molecule has 0 spiro atoms. The van der Waals surface area contributed by atoms with Gasteiger partial charge >= 0.3 is 0 Å². The average molecular weight is 450 g/mol. The molecule has 0 aliphatic carbocycles. The zero-order valence-corrected chi connectivity index (χ0v) is 15.6. The second kappa shape index (κ2) is 9.34. The molecule has 1 N–H and O–H groups in total. The lowest BCUT2D eigenvalue weighted by atomic mass is 10.4. The molecule has 3 aromatic rings. The van der Waals surface area contributed by atoms with Crippen molar-refractivity contribution in [3.05, 3.63) is 88.5 Å². The van der Waals surface area contributed by atoms with E-state index in [1.165, 1.54) is 18.3 Å². The minimum atomic E-state index is -2.08. The van der Waals surface area contributed by atoms with Crippen LogP contribution < -0.4 is 5.11 Å². The maximum Gasteiger partial charge on any atom is 0.249 e. The molecule has 0 heterocycles. The number of carbonyl (C=O) groups is 1. The fourth-order valence-corrected chi connectivity index (χ4v) is 4.54. The van der Waals surface area contributed by atoms with Crippen molar-refractivity contribution in [2.24, 2.45) is 0 Å². The second-order valence-electron chi connectivity index (χ2n) is 4.65. The first-order chi connectivity index (χ1) is 11.6. The summed E-state index contributed by atoms with van der Waals surface area (Å²) in [4.78, 5) is 12.5. The van der Waals surface area contributed by atoms with E-state index >= 15 is 0 Å². The Morgan fingerprint density at radius 3 is 1.46 bits per heavy atom.